The molecule has 0 bridgehead atoms. The van der Waals surface area contributed by atoms with Crippen LogP contribution in [0.4, 0.5) is 10.1 Å². The number of methoxy groups -OCH3 is 1. The summed E-state index contributed by atoms with van der Waals surface area (Å²) in [4.78, 5) is 26.2. The van der Waals surface area contributed by atoms with Gasteiger partial charge in [0.15, 0.2) is 0 Å². The van der Waals surface area contributed by atoms with Gasteiger partial charge in [0, 0.05) is 17.8 Å². The topological polar surface area (TPSA) is 92.8 Å². The van der Waals surface area contributed by atoms with Crippen LogP contribution in [-0.4, -0.2) is 38.8 Å². The predicted molar refractivity (Wildman–Crippen MR) is 124 cm³/mol. The molecular formula is C25H23FN2O5S. The molecule has 7 nitrogen and oxygen atoms in total. The highest BCUT2D eigenvalue weighted by molar-refractivity contribution is 7.92. The van der Waals surface area contributed by atoms with Gasteiger partial charge in [-0.15, -0.1) is 0 Å². The third kappa shape index (κ3) is 4.94. The maximum atomic E-state index is 13.9. The molecular weight excluding hydrogens is 459 g/mol. The van der Waals surface area contributed by atoms with Crippen LogP contribution in [0.1, 0.15) is 45.2 Å². The van der Waals surface area contributed by atoms with Crippen molar-refractivity contribution in [2.75, 3.05) is 18.4 Å². The van der Waals surface area contributed by atoms with E-state index in [1.807, 2.05) is 35.2 Å². The third-order valence-corrected chi connectivity index (χ3v) is 7.05. The number of halogens is 1. The number of carbonyl (C=O) groups is 2. The van der Waals surface area contributed by atoms with Crippen LogP contribution >= 0.6 is 0 Å². The first-order valence-corrected chi connectivity index (χ1v) is 12.1. The van der Waals surface area contributed by atoms with E-state index in [2.05, 4.69) is 9.46 Å². The summed E-state index contributed by atoms with van der Waals surface area (Å²) in [6.07, 6.45) is 1.79. The molecule has 4 rings (SSSR count). The Morgan fingerprint density at radius 2 is 1.71 bits per heavy atom. The summed E-state index contributed by atoms with van der Waals surface area (Å²) < 4.78 is 46.3. The van der Waals surface area contributed by atoms with Gasteiger partial charge in [-0.25, -0.2) is 17.6 Å². The van der Waals surface area contributed by atoms with Crippen molar-refractivity contribution >= 4 is 27.6 Å². The lowest BCUT2D eigenvalue weighted by molar-refractivity contribution is 0.0599. The summed E-state index contributed by atoms with van der Waals surface area (Å²) in [5, 5.41) is 0. The molecule has 1 amide bonds. The second-order valence-electron chi connectivity index (χ2n) is 7.92. The number of anilines is 1. The molecule has 3 aromatic carbocycles. The number of nitrogens with zero attached hydrogens (tertiary/aromatic N) is 1. The van der Waals surface area contributed by atoms with Crippen LogP contribution in [0.15, 0.2) is 77.7 Å². The Morgan fingerprint density at radius 1 is 1.00 bits per heavy atom. The zero-order valence-electron chi connectivity index (χ0n) is 18.4. The van der Waals surface area contributed by atoms with Crippen molar-refractivity contribution < 1.29 is 27.1 Å². The van der Waals surface area contributed by atoms with Crippen molar-refractivity contribution in [1.29, 1.82) is 0 Å². The van der Waals surface area contributed by atoms with Crippen LogP contribution in [0.5, 0.6) is 0 Å². The van der Waals surface area contributed by atoms with E-state index < -0.39 is 26.7 Å². The standard InChI is InChI=1S/C25H23FN2O5S/c1-33-25(30)19-14-20(26)16-22(15-19)34(31,32)27-21-11-9-18(10-12-21)24(29)28-13-5-8-23(28)17-6-3-2-4-7-17/h2-4,6-7,9-12,14-16,23,27H,5,8,13H2,1H3. The van der Waals surface area contributed by atoms with Crippen LogP contribution in [0, 0.1) is 5.82 Å². The average Bonchev–Trinajstić information content (AvgIpc) is 3.33. The summed E-state index contributed by atoms with van der Waals surface area (Å²) in [5.41, 5.74) is 1.49. The number of ether oxygens (including phenoxy) is 1. The van der Waals surface area contributed by atoms with Crippen LogP contribution in [-0.2, 0) is 14.8 Å². The van der Waals surface area contributed by atoms with E-state index >= 15 is 0 Å². The van der Waals surface area contributed by atoms with Crippen molar-refractivity contribution in [3.8, 4) is 0 Å². The van der Waals surface area contributed by atoms with Gasteiger partial charge in [-0.3, -0.25) is 9.52 Å². The van der Waals surface area contributed by atoms with Gasteiger partial charge in [0.25, 0.3) is 15.9 Å². The van der Waals surface area contributed by atoms with Crippen molar-refractivity contribution in [3.05, 3.63) is 95.3 Å². The Labute approximate surface area is 197 Å². The lowest BCUT2D eigenvalue weighted by Crippen LogP contribution is -2.30. The minimum atomic E-state index is -4.19. The molecule has 176 valence electrons. The molecule has 9 heteroatoms. The lowest BCUT2D eigenvalue weighted by Gasteiger charge is -2.25. The van der Waals surface area contributed by atoms with E-state index in [-0.39, 0.29) is 23.2 Å². The average molecular weight is 483 g/mol. The molecule has 3 aromatic rings. The number of carbonyl (C=O) groups excluding carboxylic acids is 2. The fourth-order valence-corrected chi connectivity index (χ4v) is 5.16. The molecule has 1 N–H and O–H groups in total. The number of esters is 1. The molecule has 0 saturated carbocycles. The summed E-state index contributed by atoms with van der Waals surface area (Å²) in [7, 11) is -3.07. The summed E-state index contributed by atoms with van der Waals surface area (Å²) in [6.45, 7) is 0.648. The summed E-state index contributed by atoms with van der Waals surface area (Å²) in [6, 6.07) is 18.6. The first kappa shape index (κ1) is 23.4. The monoisotopic (exact) mass is 482 g/mol. The van der Waals surface area contributed by atoms with Gasteiger partial charge in [-0.2, -0.15) is 0 Å². The summed E-state index contributed by atoms with van der Waals surface area (Å²) >= 11 is 0. The maximum Gasteiger partial charge on any atom is 0.337 e. The van der Waals surface area contributed by atoms with Crippen LogP contribution in [0.3, 0.4) is 0 Å². The number of sulfonamides is 1. The molecule has 0 aliphatic carbocycles. The molecule has 1 aliphatic rings. The Balaban J connectivity index is 1.51. The van der Waals surface area contributed by atoms with Crippen LogP contribution in [0.2, 0.25) is 0 Å². The van der Waals surface area contributed by atoms with Gasteiger partial charge in [-0.05, 0) is 60.9 Å². The quantitative estimate of drug-likeness (QED) is 0.526. The van der Waals surface area contributed by atoms with E-state index in [9.17, 15) is 22.4 Å². The van der Waals surface area contributed by atoms with Gasteiger partial charge < -0.3 is 9.64 Å². The second kappa shape index (κ2) is 9.64. The smallest absolute Gasteiger partial charge is 0.337 e. The van der Waals surface area contributed by atoms with E-state index in [0.717, 1.165) is 43.7 Å². The van der Waals surface area contributed by atoms with E-state index in [0.29, 0.717) is 12.1 Å². The predicted octanol–water partition coefficient (Wildman–Crippen LogP) is 4.39. The van der Waals surface area contributed by atoms with E-state index in [1.165, 1.54) is 12.1 Å². The number of benzene rings is 3. The fraction of sp³-hybridized carbons (Fsp3) is 0.200. The zero-order chi connectivity index (χ0) is 24.3. The molecule has 1 aliphatic heterocycles. The second-order valence-corrected chi connectivity index (χ2v) is 9.60. The molecule has 1 atom stereocenters. The van der Waals surface area contributed by atoms with Gasteiger partial charge in [0.1, 0.15) is 5.82 Å². The molecule has 34 heavy (non-hydrogen) atoms. The number of hydrogen-bond acceptors (Lipinski definition) is 5. The van der Waals surface area contributed by atoms with E-state index in [4.69, 9.17) is 0 Å². The zero-order valence-corrected chi connectivity index (χ0v) is 19.2. The maximum absolute atomic E-state index is 13.9. The van der Waals surface area contributed by atoms with Crippen molar-refractivity contribution in [2.24, 2.45) is 0 Å². The number of rotatable bonds is 6. The minimum absolute atomic E-state index is 0.00358. The number of amides is 1. The van der Waals surface area contributed by atoms with Crippen LogP contribution < -0.4 is 4.72 Å². The minimum Gasteiger partial charge on any atom is -0.465 e. The number of hydrogen-bond donors (Lipinski definition) is 1. The highest BCUT2D eigenvalue weighted by Crippen LogP contribution is 2.33. The molecule has 1 unspecified atom stereocenters. The SMILES string of the molecule is COC(=O)c1cc(F)cc(S(=O)(=O)Nc2ccc(C(=O)N3CCCC3c3ccccc3)cc2)c1. The first-order chi connectivity index (χ1) is 16.3. The van der Waals surface area contributed by atoms with Gasteiger partial charge in [0.05, 0.1) is 23.6 Å². The molecule has 0 aromatic heterocycles. The Hall–Kier alpha value is -3.72. The molecule has 1 fully saturated rings. The van der Waals surface area contributed by atoms with E-state index in [1.54, 1.807) is 12.1 Å². The first-order valence-electron chi connectivity index (χ1n) is 10.7. The van der Waals surface area contributed by atoms with Gasteiger partial charge in [0.2, 0.25) is 0 Å². The largest absolute Gasteiger partial charge is 0.465 e. The lowest BCUT2D eigenvalue weighted by atomic mass is 10.0. The highest BCUT2D eigenvalue weighted by atomic mass is 32.2. The Bertz CT molecular complexity index is 1310. The van der Waals surface area contributed by atoms with Gasteiger partial charge >= 0.3 is 5.97 Å². The normalized spacial score (nSPS) is 15.7. The van der Waals surface area contributed by atoms with Crippen molar-refractivity contribution in [3.63, 3.8) is 0 Å². The summed E-state index contributed by atoms with van der Waals surface area (Å²) in [5.74, 6) is -1.87. The third-order valence-electron chi connectivity index (χ3n) is 5.68. The number of likely N-dealkylation sites (tertiary alicyclic amines) is 1. The van der Waals surface area contributed by atoms with Crippen molar-refractivity contribution in [2.45, 2.75) is 23.8 Å². The fourth-order valence-electron chi connectivity index (χ4n) is 4.05. The van der Waals surface area contributed by atoms with Crippen molar-refractivity contribution in [1.82, 2.24) is 4.90 Å². The molecule has 0 spiro atoms. The highest BCUT2D eigenvalue weighted by Gasteiger charge is 2.30. The van der Waals surface area contributed by atoms with Gasteiger partial charge in [-0.1, -0.05) is 30.3 Å². The number of nitrogens with one attached hydrogen (secondary N) is 1. The molecule has 1 heterocycles. The van der Waals surface area contributed by atoms with Crippen LogP contribution in [0.25, 0.3) is 0 Å². The molecule has 0 radical (unpaired) electrons. The molecule has 1 saturated heterocycles. The Morgan fingerprint density at radius 3 is 2.38 bits per heavy atom. The Kier molecular flexibility index (Phi) is 6.65.